The third-order valence-corrected chi connectivity index (χ3v) is 6.49. The van der Waals surface area contributed by atoms with E-state index in [1.807, 2.05) is 31.2 Å². The summed E-state index contributed by atoms with van der Waals surface area (Å²) in [6, 6.07) is 7.30. The predicted molar refractivity (Wildman–Crippen MR) is 113 cm³/mol. The predicted octanol–water partition coefficient (Wildman–Crippen LogP) is 3.52. The van der Waals surface area contributed by atoms with E-state index < -0.39 is 12.0 Å². The Morgan fingerprint density at radius 3 is 2.63 bits per heavy atom. The number of amides is 1. The fourth-order valence-electron chi connectivity index (χ4n) is 3.11. The van der Waals surface area contributed by atoms with E-state index in [0.717, 1.165) is 9.13 Å². The minimum atomic E-state index is -0.527. The van der Waals surface area contributed by atoms with Crippen LogP contribution in [0.3, 0.4) is 0 Å². The minimum Gasteiger partial charge on any atom is -0.460 e. The Hall–Kier alpha value is -1.39. The molecule has 0 aromatic heterocycles. The Morgan fingerprint density at radius 2 is 2.00 bits per heavy atom. The third kappa shape index (κ3) is 4.07. The van der Waals surface area contributed by atoms with Gasteiger partial charge >= 0.3 is 5.97 Å². The van der Waals surface area contributed by atoms with Crippen LogP contribution in [0.5, 0.6) is 0 Å². The molecule has 1 amide bonds. The van der Waals surface area contributed by atoms with Crippen LogP contribution in [-0.4, -0.2) is 47.5 Å². The van der Waals surface area contributed by atoms with Crippen molar-refractivity contribution in [3.63, 3.8) is 0 Å². The van der Waals surface area contributed by atoms with Crippen LogP contribution >= 0.6 is 34.4 Å². The maximum Gasteiger partial charge on any atom is 0.338 e. The molecule has 0 aliphatic carbocycles. The van der Waals surface area contributed by atoms with E-state index in [1.54, 1.807) is 18.9 Å². The van der Waals surface area contributed by atoms with Gasteiger partial charge in [-0.1, -0.05) is 30.8 Å². The molecule has 0 saturated carbocycles. The van der Waals surface area contributed by atoms with Crippen molar-refractivity contribution in [3.05, 3.63) is 44.7 Å². The lowest BCUT2D eigenvalue weighted by Crippen LogP contribution is -2.40. The number of carbonyl (C=O) groups excluding carboxylic acids is 2. The maximum atomic E-state index is 13.0. The second-order valence-corrected chi connectivity index (χ2v) is 8.61. The van der Waals surface area contributed by atoms with Crippen molar-refractivity contribution in [2.24, 2.45) is 4.99 Å². The normalized spacial score (nSPS) is 22.0. The average molecular weight is 500 g/mol. The van der Waals surface area contributed by atoms with E-state index in [1.165, 1.54) is 11.8 Å². The van der Waals surface area contributed by atoms with Gasteiger partial charge in [0.25, 0.3) is 0 Å². The van der Waals surface area contributed by atoms with Gasteiger partial charge in [0.05, 0.1) is 29.2 Å². The smallest absolute Gasteiger partial charge is 0.338 e. The summed E-state index contributed by atoms with van der Waals surface area (Å²) in [5, 5.41) is 0.480. The summed E-state index contributed by atoms with van der Waals surface area (Å²) in [4.78, 5) is 32.0. The van der Waals surface area contributed by atoms with Crippen molar-refractivity contribution in [2.75, 3.05) is 20.3 Å². The van der Waals surface area contributed by atoms with Crippen LogP contribution in [-0.2, 0) is 19.1 Å². The summed E-state index contributed by atoms with van der Waals surface area (Å²) in [5.74, 6) is -0.479. The van der Waals surface area contributed by atoms with Crippen LogP contribution < -0.4 is 0 Å². The van der Waals surface area contributed by atoms with Crippen LogP contribution in [0.2, 0.25) is 0 Å². The summed E-state index contributed by atoms with van der Waals surface area (Å²) in [6.45, 7) is 4.25. The van der Waals surface area contributed by atoms with E-state index >= 15 is 0 Å². The molecule has 144 valence electrons. The van der Waals surface area contributed by atoms with E-state index in [0.29, 0.717) is 29.5 Å². The number of hydrogen-bond donors (Lipinski definition) is 0. The molecule has 6 nitrogen and oxygen atoms in total. The first kappa shape index (κ1) is 20.3. The SMILES string of the molecule is CC[C@H]1SC2=NC(C)=C(C(=O)OCCOC)[C@@H](c3ccc(I)cc3)N2C1=O. The number of halogens is 1. The molecule has 0 N–H and O–H groups in total. The number of amidine groups is 1. The molecule has 0 unspecified atom stereocenters. The minimum absolute atomic E-state index is 0.0144. The van der Waals surface area contributed by atoms with Gasteiger partial charge < -0.3 is 9.47 Å². The highest BCUT2D eigenvalue weighted by Crippen LogP contribution is 2.44. The Balaban J connectivity index is 2.03. The quantitative estimate of drug-likeness (QED) is 0.340. The zero-order valence-electron chi connectivity index (χ0n) is 15.4. The number of rotatable bonds is 6. The highest BCUT2D eigenvalue weighted by Gasteiger charge is 2.47. The molecule has 8 heteroatoms. The summed E-state index contributed by atoms with van der Waals surface area (Å²) in [7, 11) is 1.55. The van der Waals surface area contributed by atoms with E-state index in [4.69, 9.17) is 9.47 Å². The van der Waals surface area contributed by atoms with E-state index in [2.05, 4.69) is 27.6 Å². The molecule has 1 fully saturated rings. The van der Waals surface area contributed by atoms with Crippen LogP contribution in [0.4, 0.5) is 0 Å². The molecule has 2 atom stereocenters. The molecular weight excluding hydrogens is 479 g/mol. The number of carbonyl (C=O) groups is 2. The fraction of sp³-hybridized carbons (Fsp3) is 0.421. The zero-order chi connectivity index (χ0) is 19.6. The molecule has 0 radical (unpaired) electrons. The van der Waals surface area contributed by atoms with Gasteiger partial charge in [0.15, 0.2) is 5.17 Å². The zero-order valence-corrected chi connectivity index (χ0v) is 18.4. The topological polar surface area (TPSA) is 68.2 Å². The number of esters is 1. The average Bonchev–Trinajstić information content (AvgIpc) is 2.96. The molecule has 0 spiro atoms. The van der Waals surface area contributed by atoms with Gasteiger partial charge in [-0.15, -0.1) is 0 Å². The number of methoxy groups -OCH3 is 1. The summed E-state index contributed by atoms with van der Waals surface area (Å²) < 4.78 is 11.4. The van der Waals surface area contributed by atoms with Crippen molar-refractivity contribution in [3.8, 4) is 0 Å². The largest absolute Gasteiger partial charge is 0.460 e. The molecule has 1 aromatic carbocycles. The maximum absolute atomic E-state index is 13.0. The number of hydrogen-bond acceptors (Lipinski definition) is 6. The Morgan fingerprint density at radius 1 is 1.30 bits per heavy atom. The summed E-state index contributed by atoms with van der Waals surface area (Å²) in [6.07, 6.45) is 0.713. The highest BCUT2D eigenvalue weighted by atomic mass is 127. The number of allylic oxidation sites excluding steroid dienone is 1. The standard InChI is InChI=1S/C19H21IN2O4S/c1-4-14-17(23)22-16(12-5-7-13(20)8-6-12)15(11(2)21-19(22)27-14)18(24)26-10-9-25-3/h5-8,14,16H,4,9-10H2,1-3H3/t14-,16-/m1/s1. The lowest BCUT2D eigenvalue weighted by Gasteiger charge is -2.33. The molecule has 2 aliphatic rings. The second kappa shape index (κ2) is 8.74. The van der Waals surface area contributed by atoms with Gasteiger partial charge in [-0.3, -0.25) is 9.69 Å². The molecule has 1 saturated heterocycles. The number of thioether (sulfide) groups is 1. The molecule has 0 bridgehead atoms. The van der Waals surface area contributed by atoms with Gasteiger partial charge in [0, 0.05) is 10.7 Å². The molecular formula is C19H21IN2O4S. The number of benzene rings is 1. The first-order chi connectivity index (χ1) is 13.0. The van der Waals surface area contributed by atoms with Crippen LogP contribution in [0.15, 0.2) is 40.5 Å². The van der Waals surface area contributed by atoms with Gasteiger partial charge in [0.2, 0.25) is 5.91 Å². The van der Waals surface area contributed by atoms with E-state index in [-0.39, 0.29) is 17.8 Å². The van der Waals surface area contributed by atoms with Crippen molar-refractivity contribution < 1.29 is 19.1 Å². The molecule has 3 rings (SSSR count). The summed E-state index contributed by atoms with van der Waals surface area (Å²) >= 11 is 3.69. The Labute approximate surface area is 176 Å². The van der Waals surface area contributed by atoms with Gasteiger partial charge in [-0.25, -0.2) is 9.79 Å². The molecule has 27 heavy (non-hydrogen) atoms. The van der Waals surface area contributed by atoms with Crippen LogP contribution in [0.25, 0.3) is 0 Å². The number of fused-ring (bicyclic) bond motifs is 1. The van der Waals surface area contributed by atoms with Crippen molar-refractivity contribution in [2.45, 2.75) is 31.6 Å². The van der Waals surface area contributed by atoms with Gasteiger partial charge in [0.1, 0.15) is 6.61 Å². The van der Waals surface area contributed by atoms with Crippen LogP contribution in [0.1, 0.15) is 31.9 Å². The highest BCUT2D eigenvalue weighted by molar-refractivity contribution is 14.1. The van der Waals surface area contributed by atoms with Crippen molar-refractivity contribution >= 4 is 51.4 Å². The van der Waals surface area contributed by atoms with E-state index in [9.17, 15) is 9.59 Å². The van der Waals surface area contributed by atoms with Crippen molar-refractivity contribution in [1.29, 1.82) is 0 Å². The van der Waals surface area contributed by atoms with Gasteiger partial charge in [-0.05, 0) is 53.6 Å². The number of aliphatic imine (C=N–C) groups is 1. The molecule has 1 aromatic rings. The third-order valence-electron chi connectivity index (χ3n) is 4.45. The van der Waals surface area contributed by atoms with Crippen LogP contribution in [0, 0.1) is 3.57 Å². The fourth-order valence-corrected chi connectivity index (χ4v) is 4.60. The first-order valence-corrected chi connectivity index (χ1v) is 10.6. The molecule has 2 aliphatic heterocycles. The monoisotopic (exact) mass is 500 g/mol. The van der Waals surface area contributed by atoms with Crippen molar-refractivity contribution in [1.82, 2.24) is 4.90 Å². The molecule has 2 heterocycles. The lowest BCUT2D eigenvalue weighted by atomic mass is 9.94. The Kier molecular flexibility index (Phi) is 6.59. The summed E-state index contributed by atoms with van der Waals surface area (Å²) in [5.41, 5.74) is 1.86. The first-order valence-electron chi connectivity index (χ1n) is 8.68. The number of nitrogens with zero attached hydrogens (tertiary/aromatic N) is 2. The Bertz CT molecular complexity index is 806. The van der Waals surface area contributed by atoms with Gasteiger partial charge in [-0.2, -0.15) is 0 Å². The lowest BCUT2D eigenvalue weighted by molar-refractivity contribution is -0.141. The second-order valence-electron chi connectivity index (χ2n) is 6.20. The number of ether oxygens (including phenoxy) is 2.